The molecule has 1 saturated carbocycles. The van der Waals surface area contributed by atoms with Crippen LogP contribution in [-0.4, -0.2) is 27.6 Å². The van der Waals surface area contributed by atoms with E-state index in [4.69, 9.17) is 5.11 Å². The van der Waals surface area contributed by atoms with Crippen LogP contribution < -0.4 is 0 Å². The molecule has 0 saturated heterocycles. The third kappa shape index (κ3) is 5.45. The van der Waals surface area contributed by atoms with Gasteiger partial charge in [0.2, 0.25) is 0 Å². The lowest BCUT2D eigenvalue weighted by molar-refractivity contribution is -0.140. The predicted molar refractivity (Wildman–Crippen MR) is 77.4 cm³/mol. The first-order valence-corrected chi connectivity index (χ1v) is 7.52. The number of aliphatic carboxylic acids is 1. The van der Waals surface area contributed by atoms with Crippen LogP contribution in [0.3, 0.4) is 0 Å². The molecule has 0 amide bonds. The third-order valence-corrected chi connectivity index (χ3v) is 4.04. The molecule has 0 aliphatic heterocycles. The lowest BCUT2D eigenvalue weighted by Crippen LogP contribution is -2.22. The van der Waals surface area contributed by atoms with Gasteiger partial charge in [0.25, 0.3) is 0 Å². The number of rotatable bonds is 8. The molecule has 0 spiro atoms. The van der Waals surface area contributed by atoms with Crippen molar-refractivity contribution in [3.05, 3.63) is 12.2 Å². The highest BCUT2D eigenvalue weighted by atomic mass is 16.4. The van der Waals surface area contributed by atoms with Gasteiger partial charge in [0.1, 0.15) is 5.78 Å². The summed E-state index contributed by atoms with van der Waals surface area (Å²) in [7, 11) is 0. The fourth-order valence-corrected chi connectivity index (χ4v) is 2.77. The average molecular weight is 282 g/mol. The highest BCUT2D eigenvalue weighted by Crippen LogP contribution is 2.33. The van der Waals surface area contributed by atoms with Crippen LogP contribution in [0.1, 0.15) is 58.8 Å². The van der Waals surface area contributed by atoms with Gasteiger partial charge in [0.05, 0.1) is 12.0 Å². The quantitative estimate of drug-likeness (QED) is 0.530. The summed E-state index contributed by atoms with van der Waals surface area (Å²) >= 11 is 0. The lowest BCUT2D eigenvalue weighted by atomic mass is 9.89. The van der Waals surface area contributed by atoms with E-state index in [2.05, 4.69) is 6.92 Å². The number of hydrogen-bond acceptors (Lipinski definition) is 3. The molecule has 0 heterocycles. The Hall–Kier alpha value is -1.16. The van der Waals surface area contributed by atoms with E-state index in [-0.39, 0.29) is 18.1 Å². The van der Waals surface area contributed by atoms with Crippen LogP contribution in [0, 0.1) is 11.8 Å². The molecule has 1 unspecified atom stereocenters. The fourth-order valence-electron chi connectivity index (χ4n) is 2.77. The van der Waals surface area contributed by atoms with Gasteiger partial charge in [-0.05, 0) is 25.7 Å². The number of Topliss-reactive ketones (excluding diaryl/α,β-unsaturated/α-hetero) is 1. The van der Waals surface area contributed by atoms with Gasteiger partial charge in [0.15, 0.2) is 0 Å². The molecule has 0 aromatic heterocycles. The van der Waals surface area contributed by atoms with Gasteiger partial charge in [-0.25, -0.2) is 0 Å². The Morgan fingerprint density at radius 1 is 1.45 bits per heavy atom. The van der Waals surface area contributed by atoms with Crippen molar-refractivity contribution in [2.24, 2.45) is 11.8 Å². The van der Waals surface area contributed by atoms with Crippen LogP contribution in [0.2, 0.25) is 0 Å². The van der Waals surface area contributed by atoms with E-state index in [0.29, 0.717) is 19.3 Å². The Morgan fingerprint density at radius 3 is 2.75 bits per heavy atom. The summed E-state index contributed by atoms with van der Waals surface area (Å²) < 4.78 is 0. The minimum Gasteiger partial charge on any atom is -0.481 e. The van der Waals surface area contributed by atoms with Crippen LogP contribution in [0.15, 0.2) is 12.2 Å². The summed E-state index contributed by atoms with van der Waals surface area (Å²) in [5.74, 6) is -1.36. The van der Waals surface area contributed by atoms with Crippen molar-refractivity contribution in [3.8, 4) is 0 Å². The Labute approximate surface area is 120 Å². The number of aliphatic hydroxyl groups is 1. The van der Waals surface area contributed by atoms with Crippen molar-refractivity contribution in [3.63, 3.8) is 0 Å². The maximum Gasteiger partial charge on any atom is 0.304 e. The molecule has 0 bridgehead atoms. The van der Waals surface area contributed by atoms with Crippen molar-refractivity contribution in [1.29, 1.82) is 0 Å². The summed E-state index contributed by atoms with van der Waals surface area (Å²) in [5.41, 5.74) is -0.866. The minimum atomic E-state index is -0.932. The zero-order chi connectivity index (χ0) is 15.2. The molecule has 3 atom stereocenters. The number of carbonyl (C=O) groups is 2. The van der Waals surface area contributed by atoms with E-state index in [9.17, 15) is 14.7 Å². The summed E-state index contributed by atoms with van der Waals surface area (Å²) in [4.78, 5) is 22.5. The molecular weight excluding hydrogens is 256 g/mol. The van der Waals surface area contributed by atoms with Gasteiger partial charge in [-0.2, -0.15) is 0 Å². The van der Waals surface area contributed by atoms with Crippen molar-refractivity contribution in [2.75, 3.05) is 0 Å². The number of allylic oxidation sites excluding steroid dienone is 1. The fraction of sp³-hybridized carbons (Fsp3) is 0.750. The zero-order valence-corrected chi connectivity index (χ0v) is 12.5. The Kier molecular flexibility index (Phi) is 6.40. The lowest BCUT2D eigenvalue weighted by Gasteiger charge is -2.20. The summed E-state index contributed by atoms with van der Waals surface area (Å²) in [6.45, 7) is 3.88. The second kappa shape index (κ2) is 7.58. The topological polar surface area (TPSA) is 74.6 Å². The van der Waals surface area contributed by atoms with Crippen molar-refractivity contribution in [2.45, 2.75) is 64.4 Å². The largest absolute Gasteiger partial charge is 0.481 e. The van der Waals surface area contributed by atoms with E-state index in [1.54, 1.807) is 13.0 Å². The molecular formula is C16H26O4. The third-order valence-electron chi connectivity index (χ3n) is 4.04. The molecule has 1 fully saturated rings. The van der Waals surface area contributed by atoms with Crippen LogP contribution in [0.25, 0.3) is 0 Å². The predicted octanol–water partition coefficient (Wildman–Crippen LogP) is 2.94. The van der Waals surface area contributed by atoms with Crippen LogP contribution in [-0.2, 0) is 9.59 Å². The molecule has 1 rings (SSSR count). The maximum atomic E-state index is 11.7. The first kappa shape index (κ1) is 16.9. The van der Waals surface area contributed by atoms with Gasteiger partial charge in [0, 0.05) is 12.3 Å². The first-order chi connectivity index (χ1) is 9.35. The second-order valence-corrected chi connectivity index (χ2v) is 6.05. The molecule has 4 nitrogen and oxygen atoms in total. The molecule has 2 N–H and O–H groups in total. The highest BCUT2D eigenvalue weighted by Gasteiger charge is 2.34. The maximum absolute atomic E-state index is 11.7. The van der Waals surface area contributed by atoms with Crippen molar-refractivity contribution >= 4 is 11.8 Å². The highest BCUT2D eigenvalue weighted by molar-refractivity contribution is 5.87. The molecule has 0 aromatic carbocycles. The smallest absolute Gasteiger partial charge is 0.304 e. The number of carboxylic acid groups (broad SMARTS) is 1. The van der Waals surface area contributed by atoms with E-state index < -0.39 is 17.5 Å². The zero-order valence-electron chi connectivity index (χ0n) is 12.5. The summed E-state index contributed by atoms with van der Waals surface area (Å²) in [6.07, 6.45) is 8.50. The normalized spacial score (nSPS) is 26.1. The van der Waals surface area contributed by atoms with E-state index >= 15 is 0 Å². The SMILES string of the molecule is CCCCCC(C)(O)C=C[C@@H]1CCC(=O)[C@H]1CC(=O)O. The molecule has 4 heteroatoms. The molecule has 114 valence electrons. The van der Waals surface area contributed by atoms with Gasteiger partial charge in [-0.3, -0.25) is 9.59 Å². The molecule has 0 aromatic rings. The summed E-state index contributed by atoms with van der Waals surface area (Å²) in [6, 6.07) is 0. The molecule has 1 aliphatic rings. The monoisotopic (exact) mass is 282 g/mol. The van der Waals surface area contributed by atoms with E-state index in [1.165, 1.54) is 0 Å². The van der Waals surface area contributed by atoms with Crippen molar-refractivity contribution < 1.29 is 19.8 Å². The van der Waals surface area contributed by atoms with Gasteiger partial charge >= 0.3 is 5.97 Å². The standard InChI is InChI=1S/C16H26O4/c1-3-4-5-9-16(2,20)10-8-12-6-7-14(17)13(12)11-15(18)19/h8,10,12-13,20H,3-7,9,11H2,1-2H3,(H,18,19)/t12-,13-,16?/m0/s1. The van der Waals surface area contributed by atoms with Crippen molar-refractivity contribution in [1.82, 2.24) is 0 Å². The molecule has 1 aliphatic carbocycles. The number of ketones is 1. The van der Waals surface area contributed by atoms with Crippen LogP contribution in [0.4, 0.5) is 0 Å². The molecule has 0 radical (unpaired) electrons. The first-order valence-electron chi connectivity index (χ1n) is 7.52. The molecule has 20 heavy (non-hydrogen) atoms. The Bertz CT molecular complexity index is 371. The average Bonchev–Trinajstić information content (AvgIpc) is 2.68. The Morgan fingerprint density at radius 2 is 2.15 bits per heavy atom. The van der Waals surface area contributed by atoms with E-state index in [0.717, 1.165) is 19.3 Å². The number of carbonyl (C=O) groups excluding carboxylic acids is 1. The number of hydrogen-bond donors (Lipinski definition) is 2. The number of carboxylic acids is 1. The van der Waals surface area contributed by atoms with Gasteiger partial charge in [-0.15, -0.1) is 0 Å². The number of unbranched alkanes of at least 4 members (excludes halogenated alkanes) is 2. The van der Waals surface area contributed by atoms with E-state index in [1.807, 2.05) is 6.08 Å². The second-order valence-electron chi connectivity index (χ2n) is 6.05. The van der Waals surface area contributed by atoms with Gasteiger partial charge in [-0.1, -0.05) is 38.3 Å². The van der Waals surface area contributed by atoms with Gasteiger partial charge < -0.3 is 10.2 Å². The Balaban J connectivity index is 2.58. The van der Waals surface area contributed by atoms with Crippen LogP contribution in [0.5, 0.6) is 0 Å². The van der Waals surface area contributed by atoms with Crippen LogP contribution >= 0.6 is 0 Å². The minimum absolute atomic E-state index is 0.0349. The summed E-state index contributed by atoms with van der Waals surface area (Å²) in [5, 5.41) is 19.1.